The van der Waals surface area contributed by atoms with Crippen LogP contribution in [-0.2, 0) is 6.42 Å². The van der Waals surface area contributed by atoms with Crippen LogP contribution in [-0.4, -0.2) is 36.6 Å². The fraction of sp³-hybridized carbons (Fsp3) is 0.667. The molecule has 1 aliphatic heterocycles. The first-order chi connectivity index (χ1) is 9.85. The lowest BCUT2D eigenvalue weighted by Crippen LogP contribution is -2.59. The number of rotatable bonds is 5. The molecule has 1 aromatic rings. The first kappa shape index (κ1) is 14.1. The van der Waals surface area contributed by atoms with Crippen molar-refractivity contribution < 1.29 is 0 Å². The van der Waals surface area contributed by atoms with Gasteiger partial charge in [0.05, 0.1) is 0 Å². The van der Waals surface area contributed by atoms with Crippen molar-refractivity contribution in [1.82, 2.24) is 10.2 Å². The van der Waals surface area contributed by atoms with E-state index >= 15 is 0 Å². The normalized spacial score (nSPS) is 24.1. The monoisotopic (exact) mass is 272 g/mol. The van der Waals surface area contributed by atoms with Gasteiger partial charge in [-0.1, -0.05) is 43.2 Å². The predicted molar refractivity (Wildman–Crippen MR) is 85.0 cm³/mol. The van der Waals surface area contributed by atoms with E-state index in [1.807, 2.05) is 0 Å². The Morgan fingerprint density at radius 1 is 1.05 bits per heavy atom. The maximum atomic E-state index is 3.67. The quantitative estimate of drug-likeness (QED) is 0.885. The lowest BCUT2D eigenvalue weighted by molar-refractivity contribution is 0.0798. The summed E-state index contributed by atoms with van der Waals surface area (Å²) in [6.45, 7) is 2.62. The molecule has 1 saturated carbocycles. The summed E-state index contributed by atoms with van der Waals surface area (Å²) in [4.78, 5) is 2.81. The summed E-state index contributed by atoms with van der Waals surface area (Å²) < 4.78 is 0. The third kappa shape index (κ3) is 2.64. The molecule has 2 fully saturated rings. The zero-order valence-electron chi connectivity index (χ0n) is 12.8. The van der Waals surface area contributed by atoms with Crippen LogP contribution in [0.5, 0.6) is 0 Å². The highest BCUT2D eigenvalue weighted by Gasteiger charge is 2.45. The molecule has 3 rings (SSSR count). The van der Waals surface area contributed by atoms with E-state index in [0.29, 0.717) is 11.6 Å². The summed E-state index contributed by atoms with van der Waals surface area (Å²) in [5.74, 6) is 0. The van der Waals surface area contributed by atoms with Gasteiger partial charge in [-0.15, -0.1) is 0 Å². The molecule has 1 heterocycles. The van der Waals surface area contributed by atoms with Gasteiger partial charge < -0.3 is 5.32 Å². The summed E-state index contributed by atoms with van der Waals surface area (Å²) in [6.07, 6.45) is 9.52. The molecule has 110 valence electrons. The van der Waals surface area contributed by atoms with Crippen molar-refractivity contribution in [3.05, 3.63) is 35.9 Å². The Morgan fingerprint density at radius 3 is 2.30 bits per heavy atom. The molecule has 0 spiro atoms. The standard InChI is InChI=1S/C18H28N2/c1-19-17(15-16-9-3-2-4-10-16)18(11-5-6-12-18)20-13-7-8-14-20/h2-4,9-10,17,19H,5-8,11-15H2,1H3. The highest BCUT2D eigenvalue weighted by atomic mass is 15.2. The molecule has 2 nitrogen and oxygen atoms in total. The van der Waals surface area contributed by atoms with Gasteiger partial charge in [-0.05, 0) is 57.8 Å². The van der Waals surface area contributed by atoms with Crippen LogP contribution in [0.15, 0.2) is 30.3 Å². The smallest absolute Gasteiger partial charge is 0.0365 e. The second-order valence-corrected chi connectivity index (χ2v) is 6.54. The Kier molecular flexibility index (Phi) is 4.42. The number of hydrogen-bond donors (Lipinski definition) is 1. The van der Waals surface area contributed by atoms with Crippen molar-refractivity contribution in [1.29, 1.82) is 0 Å². The van der Waals surface area contributed by atoms with E-state index in [-0.39, 0.29) is 0 Å². The Morgan fingerprint density at radius 2 is 1.70 bits per heavy atom. The Labute approximate surface area is 123 Å². The van der Waals surface area contributed by atoms with Gasteiger partial charge in [-0.25, -0.2) is 0 Å². The SMILES string of the molecule is CNC(Cc1ccccc1)C1(N2CCCC2)CCCC1. The number of likely N-dealkylation sites (N-methyl/N-ethyl adjacent to an activating group) is 1. The second-order valence-electron chi connectivity index (χ2n) is 6.54. The summed E-state index contributed by atoms with van der Waals surface area (Å²) in [7, 11) is 2.16. The van der Waals surface area contributed by atoms with E-state index in [0.717, 1.165) is 6.42 Å². The van der Waals surface area contributed by atoms with Crippen LogP contribution in [0.3, 0.4) is 0 Å². The van der Waals surface area contributed by atoms with E-state index < -0.39 is 0 Å². The Balaban J connectivity index is 1.80. The molecule has 1 aromatic carbocycles. The number of nitrogens with one attached hydrogen (secondary N) is 1. The molecule has 0 aromatic heterocycles. The molecule has 2 heteroatoms. The lowest BCUT2D eigenvalue weighted by Gasteiger charge is -2.45. The van der Waals surface area contributed by atoms with Gasteiger partial charge in [-0.3, -0.25) is 4.90 Å². The van der Waals surface area contributed by atoms with Gasteiger partial charge in [0.2, 0.25) is 0 Å². The largest absolute Gasteiger partial charge is 0.315 e. The Hall–Kier alpha value is -0.860. The van der Waals surface area contributed by atoms with Gasteiger partial charge >= 0.3 is 0 Å². The molecule has 0 bridgehead atoms. The molecule has 1 atom stereocenters. The van der Waals surface area contributed by atoms with Crippen molar-refractivity contribution in [2.45, 2.75) is 56.5 Å². The highest BCUT2D eigenvalue weighted by Crippen LogP contribution is 2.40. The third-order valence-corrected chi connectivity index (χ3v) is 5.48. The molecule has 1 unspecified atom stereocenters. The lowest BCUT2D eigenvalue weighted by atomic mass is 9.82. The number of likely N-dealkylation sites (tertiary alicyclic amines) is 1. The van der Waals surface area contributed by atoms with Crippen LogP contribution in [0.4, 0.5) is 0 Å². The molecular weight excluding hydrogens is 244 g/mol. The maximum Gasteiger partial charge on any atom is 0.0365 e. The van der Waals surface area contributed by atoms with Gasteiger partial charge in [-0.2, -0.15) is 0 Å². The first-order valence-corrected chi connectivity index (χ1v) is 8.31. The minimum atomic E-state index is 0.418. The topological polar surface area (TPSA) is 15.3 Å². The van der Waals surface area contributed by atoms with Crippen molar-refractivity contribution in [2.24, 2.45) is 0 Å². The van der Waals surface area contributed by atoms with Crippen molar-refractivity contribution in [3.63, 3.8) is 0 Å². The first-order valence-electron chi connectivity index (χ1n) is 8.31. The van der Waals surface area contributed by atoms with E-state index in [1.165, 1.54) is 57.2 Å². The minimum absolute atomic E-state index is 0.418. The second kappa shape index (κ2) is 6.28. The molecule has 1 saturated heterocycles. The summed E-state index contributed by atoms with van der Waals surface area (Å²) in [6, 6.07) is 11.6. The number of hydrogen-bond acceptors (Lipinski definition) is 2. The van der Waals surface area contributed by atoms with Gasteiger partial charge in [0.15, 0.2) is 0 Å². The molecule has 2 aliphatic rings. The van der Waals surface area contributed by atoms with Crippen LogP contribution in [0.25, 0.3) is 0 Å². The fourth-order valence-electron chi connectivity index (χ4n) is 4.45. The van der Waals surface area contributed by atoms with Crippen molar-refractivity contribution in [3.8, 4) is 0 Å². The van der Waals surface area contributed by atoms with Gasteiger partial charge in [0, 0.05) is 11.6 Å². The van der Waals surface area contributed by atoms with Crippen LogP contribution in [0, 0.1) is 0 Å². The van der Waals surface area contributed by atoms with E-state index in [4.69, 9.17) is 0 Å². The molecular formula is C18H28N2. The molecule has 1 N–H and O–H groups in total. The minimum Gasteiger partial charge on any atom is -0.315 e. The van der Waals surface area contributed by atoms with E-state index in [1.54, 1.807) is 0 Å². The predicted octanol–water partition coefficient (Wildman–Crippen LogP) is 3.23. The maximum absolute atomic E-state index is 3.67. The fourth-order valence-corrected chi connectivity index (χ4v) is 4.45. The van der Waals surface area contributed by atoms with Crippen molar-refractivity contribution in [2.75, 3.05) is 20.1 Å². The van der Waals surface area contributed by atoms with Crippen LogP contribution < -0.4 is 5.32 Å². The van der Waals surface area contributed by atoms with E-state index in [2.05, 4.69) is 47.6 Å². The van der Waals surface area contributed by atoms with Gasteiger partial charge in [0.1, 0.15) is 0 Å². The summed E-state index contributed by atoms with van der Waals surface area (Å²) in [5.41, 5.74) is 1.89. The number of benzene rings is 1. The average molecular weight is 272 g/mol. The van der Waals surface area contributed by atoms with Crippen LogP contribution in [0.1, 0.15) is 44.1 Å². The zero-order valence-corrected chi connectivity index (χ0v) is 12.8. The van der Waals surface area contributed by atoms with Crippen LogP contribution in [0.2, 0.25) is 0 Å². The third-order valence-electron chi connectivity index (χ3n) is 5.48. The number of nitrogens with zero attached hydrogens (tertiary/aromatic N) is 1. The van der Waals surface area contributed by atoms with Crippen molar-refractivity contribution >= 4 is 0 Å². The molecule has 0 amide bonds. The molecule has 20 heavy (non-hydrogen) atoms. The zero-order chi connectivity index (χ0) is 13.8. The Bertz CT molecular complexity index is 403. The van der Waals surface area contributed by atoms with Crippen LogP contribution >= 0.6 is 0 Å². The summed E-state index contributed by atoms with van der Waals surface area (Å²) >= 11 is 0. The molecule has 1 aliphatic carbocycles. The molecule has 0 radical (unpaired) electrons. The summed E-state index contributed by atoms with van der Waals surface area (Å²) in [5, 5.41) is 3.67. The van der Waals surface area contributed by atoms with E-state index in [9.17, 15) is 0 Å². The van der Waals surface area contributed by atoms with Gasteiger partial charge in [0.25, 0.3) is 0 Å². The average Bonchev–Trinajstić information content (AvgIpc) is 3.17. The highest BCUT2D eigenvalue weighted by molar-refractivity contribution is 5.18.